The van der Waals surface area contributed by atoms with Gasteiger partial charge >= 0.3 is 0 Å². The fourth-order valence-corrected chi connectivity index (χ4v) is 12.0. The lowest BCUT2D eigenvalue weighted by Crippen LogP contribution is -2.58. The molecule has 0 aliphatic carbocycles. The maximum atomic E-state index is 13.9. The number of hydrogen-bond acceptors (Lipinski definition) is 20. The van der Waals surface area contributed by atoms with Crippen LogP contribution in [0, 0.1) is 5.92 Å². The summed E-state index contributed by atoms with van der Waals surface area (Å²) in [5.41, 5.74) is -2.33. The van der Waals surface area contributed by atoms with E-state index in [1.165, 1.54) is 13.8 Å². The van der Waals surface area contributed by atoms with Crippen LogP contribution in [0.3, 0.4) is 0 Å². The highest BCUT2D eigenvalue weighted by atomic mass is 16.7. The van der Waals surface area contributed by atoms with Crippen molar-refractivity contribution in [3.8, 4) is 0 Å². The van der Waals surface area contributed by atoms with Crippen LogP contribution in [0.4, 0.5) is 0 Å². The van der Waals surface area contributed by atoms with E-state index in [2.05, 4.69) is 47.9 Å². The molecule has 0 radical (unpaired) electrons. The molecule has 0 aromatic heterocycles. The van der Waals surface area contributed by atoms with Crippen LogP contribution >= 0.6 is 0 Å². The average molecular weight is 1420 g/mol. The third-order valence-corrected chi connectivity index (χ3v) is 17.8. The van der Waals surface area contributed by atoms with E-state index in [4.69, 9.17) is 47.4 Å². The van der Waals surface area contributed by atoms with Crippen molar-refractivity contribution in [2.75, 3.05) is 132 Å². The molecule has 4 saturated heterocycles. The predicted molar refractivity (Wildman–Crippen MR) is 371 cm³/mol. The average Bonchev–Trinajstić information content (AvgIpc) is 1.65. The van der Waals surface area contributed by atoms with E-state index in [9.17, 15) is 47.9 Å². The summed E-state index contributed by atoms with van der Waals surface area (Å²) in [5.74, 6) is -1.22. The van der Waals surface area contributed by atoms with Crippen LogP contribution in [-0.4, -0.2) is 233 Å². The number of carbonyl (C=O) groups excluding carboxylic acids is 10. The summed E-state index contributed by atoms with van der Waals surface area (Å²) in [4.78, 5) is 125. The van der Waals surface area contributed by atoms with Crippen LogP contribution in [0.15, 0.2) is 0 Å². The normalized spacial score (nSPS) is 19.9. The highest BCUT2D eigenvalue weighted by Gasteiger charge is 2.50. The number of fused-ring (bicyclic) bond motifs is 4. The van der Waals surface area contributed by atoms with Crippen LogP contribution in [0.1, 0.15) is 214 Å². The first-order valence-corrected chi connectivity index (χ1v) is 37.2. The van der Waals surface area contributed by atoms with Crippen molar-refractivity contribution in [3.05, 3.63) is 0 Å². The molecule has 9 amide bonds. The molecule has 0 aromatic carbocycles. The molecule has 4 rings (SSSR count). The third kappa shape index (κ3) is 39.2. The van der Waals surface area contributed by atoms with Gasteiger partial charge in [-0.1, -0.05) is 52.4 Å². The fraction of sp³-hybridized carbons (Fsp3) is 0.859. The van der Waals surface area contributed by atoms with Gasteiger partial charge in [-0.3, -0.25) is 47.9 Å². The number of Topliss-reactive ketones (excluding diaryl/α,β-unsaturated/α-hetero) is 1. The van der Waals surface area contributed by atoms with Crippen molar-refractivity contribution >= 4 is 58.9 Å². The molecule has 4 aliphatic rings. The molecule has 29 nitrogen and oxygen atoms in total. The molecule has 0 saturated carbocycles. The molecule has 4 heterocycles. The van der Waals surface area contributed by atoms with Crippen molar-refractivity contribution in [1.29, 1.82) is 0 Å². The van der Waals surface area contributed by atoms with Gasteiger partial charge in [0.2, 0.25) is 53.2 Å². The summed E-state index contributed by atoms with van der Waals surface area (Å²) < 4.78 is 59.0. The van der Waals surface area contributed by atoms with Crippen molar-refractivity contribution < 1.29 is 95.3 Å². The second kappa shape index (κ2) is 51.6. The largest absolute Gasteiger partial charge is 0.385 e. The Balaban J connectivity index is 1.21. The van der Waals surface area contributed by atoms with Gasteiger partial charge in [-0.2, -0.15) is 0 Å². The molecule has 9 N–H and O–H groups in total. The first kappa shape index (κ1) is 86.9. The van der Waals surface area contributed by atoms with Crippen LogP contribution in [0.2, 0.25) is 0 Å². The van der Waals surface area contributed by atoms with Gasteiger partial charge in [0.05, 0.1) is 78.2 Å². The molecule has 100 heavy (non-hydrogen) atoms. The van der Waals surface area contributed by atoms with Gasteiger partial charge in [0.25, 0.3) is 0 Å². The van der Waals surface area contributed by atoms with E-state index < -0.39 is 29.3 Å². The van der Waals surface area contributed by atoms with Gasteiger partial charge in [0.15, 0.2) is 12.6 Å². The molecule has 4 fully saturated rings. The highest BCUT2D eigenvalue weighted by molar-refractivity contribution is 5.80. The van der Waals surface area contributed by atoms with Crippen LogP contribution in [0.25, 0.3) is 0 Å². The molecule has 4 bridgehead atoms. The minimum Gasteiger partial charge on any atom is -0.385 e. The molecule has 0 spiro atoms. The fourth-order valence-electron chi connectivity index (χ4n) is 12.0. The van der Waals surface area contributed by atoms with E-state index >= 15 is 0 Å². The first-order valence-electron chi connectivity index (χ1n) is 37.2. The second-order valence-electron chi connectivity index (χ2n) is 27.5. The second-order valence-corrected chi connectivity index (χ2v) is 27.5. The standard InChI is InChI=1S/C71H125N9O20/c1-54(2)59(83)23-12-10-8-6-7-9-11-13-27-66(90)80-69(47-94-44-30-63(87)75-38-20-35-72-60(84)24-14-17-41-91-5,48-95-45-31-64(88)76-39-21-36-73-61(85)25-15-18-42-92-50-70-33-28-57(78-55(3)81)67(99-70)97-52-70)49-96-46-32-65(89)77-40-22-37-74-62(86)26-16-19-43-93-51-71-34-29-58(79-56(4)82)68(100-71)98-53-71/h54,57-58,67-68H,6-53H2,1-5H3,(H,72,84)(H,73,85)(H,74,86)(H,75,87)(H,76,88)(H,77,89)(H,78,81)(H,79,82)(H,80,90)/t57-,58-,67-,68-,70+,71+/m1/s1. The lowest BCUT2D eigenvalue weighted by atomic mass is 9.94. The summed E-state index contributed by atoms with van der Waals surface area (Å²) in [7, 11) is 1.62. The Labute approximate surface area is 593 Å². The number of hydrogen-bond donors (Lipinski definition) is 9. The van der Waals surface area contributed by atoms with Crippen LogP contribution in [0.5, 0.6) is 0 Å². The van der Waals surface area contributed by atoms with Crippen LogP contribution < -0.4 is 47.9 Å². The van der Waals surface area contributed by atoms with E-state index in [1.54, 1.807) is 7.11 Å². The number of methoxy groups -OCH3 is 1. The number of unbranched alkanes of at least 4 members (excludes halogenated alkanes) is 10. The Kier molecular flexibility index (Phi) is 44.9. The molecule has 0 unspecified atom stereocenters. The maximum absolute atomic E-state index is 13.9. The highest BCUT2D eigenvalue weighted by Crippen LogP contribution is 2.38. The zero-order valence-corrected chi connectivity index (χ0v) is 61.0. The topological polar surface area (TPSA) is 371 Å². The van der Waals surface area contributed by atoms with Gasteiger partial charge in [0, 0.05) is 137 Å². The molecule has 0 aromatic rings. The van der Waals surface area contributed by atoms with Crippen molar-refractivity contribution in [2.45, 2.75) is 255 Å². The number of amides is 9. The minimum atomic E-state index is -1.30. The summed E-state index contributed by atoms with van der Waals surface area (Å²) >= 11 is 0. The predicted octanol–water partition coefficient (Wildman–Crippen LogP) is 4.07. The monoisotopic (exact) mass is 1420 g/mol. The number of rotatable bonds is 61. The van der Waals surface area contributed by atoms with Gasteiger partial charge in [-0.15, -0.1) is 0 Å². The summed E-state index contributed by atoms with van der Waals surface area (Å²) in [6, 6.07) is -0.338. The van der Waals surface area contributed by atoms with Gasteiger partial charge in [-0.05, 0) is 96.3 Å². The molecule has 6 atom stereocenters. The summed E-state index contributed by atoms with van der Waals surface area (Å²) in [5, 5.41) is 26.1. The zero-order chi connectivity index (χ0) is 72.5. The number of ketones is 1. The number of carbonyl (C=O) groups is 10. The maximum Gasteiger partial charge on any atom is 0.222 e. The lowest BCUT2D eigenvalue weighted by Gasteiger charge is -2.35. The first-order chi connectivity index (χ1) is 48.2. The van der Waals surface area contributed by atoms with Gasteiger partial charge < -0.3 is 95.2 Å². The Morgan fingerprint density at radius 3 is 1.09 bits per heavy atom. The molecule has 574 valence electrons. The number of nitrogens with one attached hydrogen (secondary N) is 9. The summed E-state index contributed by atoms with van der Waals surface area (Å²) in [6.45, 7) is 11.6. The Bertz CT molecular complexity index is 2310. The van der Waals surface area contributed by atoms with E-state index in [0.29, 0.717) is 181 Å². The lowest BCUT2D eigenvalue weighted by molar-refractivity contribution is -0.159. The van der Waals surface area contributed by atoms with E-state index in [-0.39, 0.29) is 136 Å². The minimum absolute atomic E-state index is 0.00515. The van der Waals surface area contributed by atoms with Crippen molar-refractivity contribution in [3.63, 3.8) is 0 Å². The third-order valence-electron chi connectivity index (χ3n) is 17.8. The molecular formula is C71H125N9O20. The quantitative estimate of drug-likeness (QED) is 0.0388. The SMILES string of the molecule is COCCCCC(=O)NCCCNC(=O)CCOCC(COCCC(=O)NCCCNC(=O)CCCCOC[C@@]12CC[C@@H](NC(C)=O)[C@H](OC1)O2)(COCCC(=O)NCCCNC(=O)CCCCOC[C@@]12CC[C@@H](NC(C)=O)[C@H](OC1)O2)NC(=O)CCCCCCCCCCC(=O)C(C)C. The van der Waals surface area contributed by atoms with Gasteiger partial charge in [0.1, 0.15) is 22.5 Å². The molecule has 29 heteroatoms. The molecular weight excluding hydrogens is 1300 g/mol. The van der Waals surface area contributed by atoms with E-state index in [0.717, 1.165) is 70.6 Å². The Morgan fingerprint density at radius 1 is 0.400 bits per heavy atom. The Hall–Kier alpha value is -5.50. The van der Waals surface area contributed by atoms with Crippen molar-refractivity contribution in [1.82, 2.24) is 47.9 Å². The van der Waals surface area contributed by atoms with Gasteiger partial charge in [-0.25, -0.2) is 0 Å². The smallest absolute Gasteiger partial charge is 0.222 e. The van der Waals surface area contributed by atoms with Crippen LogP contribution in [-0.2, 0) is 95.3 Å². The molecule has 4 aliphatic heterocycles. The van der Waals surface area contributed by atoms with E-state index in [1.807, 2.05) is 13.8 Å². The summed E-state index contributed by atoms with van der Waals surface area (Å²) in [6.07, 6.45) is 17.0. The zero-order valence-electron chi connectivity index (χ0n) is 61.0. The Morgan fingerprint density at radius 2 is 0.730 bits per heavy atom. The van der Waals surface area contributed by atoms with Crippen molar-refractivity contribution in [2.24, 2.45) is 5.92 Å². The number of ether oxygens (including phenoxy) is 10.